The van der Waals surface area contributed by atoms with Gasteiger partial charge in [0.1, 0.15) is 11.9 Å². The van der Waals surface area contributed by atoms with E-state index in [1.807, 2.05) is 31.3 Å². The second kappa shape index (κ2) is 5.95. The molecule has 0 aliphatic carbocycles. The number of rotatable bonds is 4. The number of hydrogen-bond acceptors (Lipinski definition) is 2. The first kappa shape index (κ1) is 13.7. The predicted octanol–water partition coefficient (Wildman–Crippen LogP) is 2.94. The molecule has 0 radical (unpaired) electrons. The van der Waals surface area contributed by atoms with Crippen LogP contribution in [-0.2, 0) is 6.54 Å². The molecule has 0 saturated carbocycles. The summed E-state index contributed by atoms with van der Waals surface area (Å²) in [6.45, 7) is 2.49. The van der Waals surface area contributed by atoms with Crippen molar-refractivity contribution in [2.45, 2.75) is 19.6 Å². The van der Waals surface area contributed by atoms with Gasteiger partial charge in [-0.25, -0.2) is 4.39 Å². The number of halogens is 1. The van der Waals surface area contributed by atoms with Gasteiger partial charge in [-0.1, -0.05) is 36.4 Å². The Hall–Kier alpha value is -1.71. The lowest BCUT2D eigenvalue weighted by Crippen LogP contribution is -2.05. The normalized spacial score (nSPS) is 12.4. The Bertz CT molecular complexity index is 551. The molecule has 0 aromatic heterocycles. The predicted molar refractivity (Wildman–Crippen MR) is 74.4 cm³/mol. The van der Waals surface area contributed by atoms with Crippen molar-refractivity contribution in [2.24, 2.45) is 0 Å². The fraction of sp³-hybridized carbons (Fsp3) is 0.250. The molecule has 19 heavy (non-hydrogen) atoms. The van der Waals surface area contributed by atoms with Crippen molar-refractivity contribution in [3.8, 4) is 0 Å². The van der Waals surface area contributed by atoms with Crippen molar-refractivity contribution >= 4 is 0 Å². The van der Waals surface area contributed by atoms with Gasteiger partial charge in [-0.15, -0.1) is 0 Å². The summed E-state index contributed by atoms with van der Waals surface area (Å²) in [6, 6.07) is 12.4. The highest BCUT2D eigenvalue weighted by atomic mass is 19.1. The van der Waals surface area contributed by atoms with Crippen molar-refractivity contribution in [3.63, 3.8) is 0 Å². The molecular weight excluding hydrogens is 241 g/mol. The topological polar surface area (TPSA) is 32.3 Å². The van der Waals surface area contributed by atoms with Gasteiger partial charge in [0.15, 0.2) is 0 Å². The number of aliphatic hydroxyl groups excluding tert-OH is 1. The van der Waals surface area contributed by atoms with Crippen molar-refractivity contribution in [1.29, 1.82) is 0 Å². The molecule has 100 valence electrons. The SMILES string of the molecule is CNCc1ccc(C(O)c2ccc(F)c(C)c2)cc1. The molecule has 1 unspecified atom stereocenters. The largest absolute Gasteiger partial charge is 0.384 e. The minimum atomic E-state index is -0.720. The Kier molecular flexibility index (Phi) is 4.30. The van der Waals surface area contributed by atoms with E-state index in [1.54, 1.807) is 19.1 Å². The van der Waals surface area contributed by atoms with Gasteiger partial charge in [0.05, 0.1) is 0 Å². The maximum Gasteiger partial charge on any atom is 0.126 e. The third-order valence-corrected chi connectivity index (χ3v) is 3.17. The van der Waals surface area contributed by atoms with Crippen LogP contribution in [0.1, 0.15) is 28.4 Å². The molecule has 1 atom stereocenters. The van der Waals surface area contributed by atoms with Crippen LogP contribution in [0, 0.1) is 12.7 Å². The standard InChI is InChI=1S/C16H18FNO/c1-11-9-14(7-8-15(11)17)16(19)13-5-3-12(4-6-13)10-18-2/h3-9,16,18-19H,10H2,1-2H3. The highest BCUT2D eigenvalue weighted by Crippen LogP contribution is 2.23. The van der Waals surface area contributed by atoms with Crippen LogP contribution in [0.15, 0.2) is 42.5 Å². The van der Waals surface area contributed by atoms with E-state index in [2.05, 4.69) is 5.32 Å². The van der Waals surface area contributed by atoms with Crippen LogP contribution < -0.4 is 5.32 Å². The van der Waals surface area contributed by atoms with Crippen molar-refractivity contribution < 1.29 is 9.50 Å². The smallest absolute Gasteiger partial charge is 0.126 e. The number of aryl methyl sites for hydroxylation is 1. The zero-order valence-corrected chi connectivity index (χ0v) is 11.2. The third kappa shape index (κ3) is 3.19. The summed E-state index contributed by atoms with van der Waals surface area (Å²) in [4.78, 5) is 0. The first-order chi connectivity index (χ1) is 9.11. The van der Waals surface area contributed by atoms with Crippen LogP contribution >= 0.6 is 0 Å². The number of nitrogens with one attached hydrogen (secondary N) is 1. The molecule has 0 aliphatic rings. The van der Waals surface area contributed by atoms with Crippen LogP contribution in [-0.4, -0.2) is 12.2 Å². The first-order valence-electron chi connectivity index (χ1n) is 6.29. The highest BCUT2D eigenvalue weighted by molar-refractivity contribution is 5.34. The average molecular weight is 259 g/mol. The van der Waals surface area contributed by atoms with E-state index >= 15 is 0 Å². The van der Waals surface area contributed by atoms with Crippen LogP contribution in [0.5, 0.6) is 0 Å². The summed E-state index contributed by atoms with van der Waals surface area (Å²) in [7, 11) is 1.89. The molecule has 2 rings (SSSR count). The summed E-state index contributed by atoms with van der Waals surface area (Å²) in [5, 5.41) is 13.4. The van der Waals surface area contributed by atoms with E-state index < -0.39 is 6.10 Å². The molecule has 2 aromatic rings. The summed E-state index contributed by atoms with van der Waals surface area (Å²) in [5.41, 5.74) is 3.23. The molecule has 0 fully saturated rings. The molecule has 0 saturated heterocycles. The monoisotopic (exact) mass is 259 g/mol. The molecule has 2 N–H and O–H groups in total. The highest BCUT2D eigenvalue weighted by Gasteiger charge is 2.11. The van der Waals surface area contributed by atoms with E-state index in [-0.39, 0.29) is 5.82 Å². The fourth-order valence-corrected chi connectivity index (χ4v) is 2.05. The van der Waals surface area contributed by atoms with Gasteiger partial charge in [-0.05, 0) is 42.3 Å². The van der Waals surface area contributed by atoms with Crippen LogP contribution in [0.3, 0.4) is 0 Å². The van der Waals surface area contributed by atoms with Gasteiger partial charge in [0.2, 0.25) is 0 Å². The Morgan fingerprint density at radius 1 is 1.11 bits per heavy atom. The lowest BCUT2D eigenvalue weighted by molar-refractivity contribution is 0.220. The van der Waals surface area contributed by atoms with Gasteiger partial charge in [0, 0.05) is 6.54 Å². The molecule has 0 amide bonds. The fourth-order valence-electron chi connectivity index (χ4n) is 2.05. The van der Waals surface area contributed by atoms with E-state index in [9.17, 15) is 9.50 Å². The van der Waals surface area contributed by atoms with Gasteiger partial charge in [0.25, 0.3) is 0 Å². The number of hydrogen-bond donors (Lipinski definition) is 2. The lowest BCUT2D eigenvalue weighted by atomic mass is 9.99. The molecule has 0 heterocycles. The molecule has 2 aromatic carbocycles. The second-order valence-electron chi connectivity index (χ2n) is 4.68. The van der Waals surface area contributed by atoms with Crippen molar-refractivity contribution in [3.05, 3.63) is 70.5 Å². The van der Waals surface area contributed by atoms with Crippen molar-refractivity contribution in [2.75, 3.05) is 7.05 Å². The maximum absolute atomic E-state index is 13.2. The summed E-state index contributed by atoms with van der Waals surface area (Å²) in [5.74, 6) is -0.250. The first-order valence-corrected chi connectivity index (χ1v) is 6.29. The van der Waals surface area contributed by atoms with E-state index in [0.29, 0.717) is 11.1 Å². The minimum absolute atomic E-state index is 0.250. The number of benzene rings is 2. The van der Waals surface area contributed by atoms with Crippen LogP contribution in [0.2, 0.25) is 0 Å². The minimum Gasteiger partial charge on any atom is -0.384 e. The third-order valence-electron chi connectivity index (χ3n) is 3.17. The Morgan fingerprint density at radius 2 is 1.74 bits per heavy atom. The second-order valence-corrected chi connectivity index (χ2v) is 4.68. The summed E-state index contributed by atoms with van der Waals surface area (Å²) >= 11 is 0. The molecule has 0 aliphatic heterocycles. The van der Waals surface area contributed by atoms with Crippen LogP contribution in [0.4, 0.5) is 4.39 Å². The van der Waals surface area contributed by atoms with Gasteiger partial charge < -0.3 is 10.4 Å². The van der Waals surface area contributed by atoms with E-state index in [0.717, 1.165) is 17.7 Å². The van der Waals surface area contributed by atoms with Gasteiger partial charge in [-0.3, -0.25) is 0 Å². The zero-order valence-electron chi connectivity index (χ0n) is 11.2. The molecule has 0 bridgehead atoms. The molecule has 2 nitrogen and oxygen atoms in total. The Labute approximate surface area is 112 Å². The maximum atomic E-state index is 13.2. The average Bonchev–Trinajstić information content (AvgIpc) is 2.42. The summed E-state index contributed by atoms with van der Waals surface area (Å²) in [6.07, 6.45) is -0.720. The van der Waals surface area contributed by atoms with Gasteiger partial charge in [-0.2, -0.15) is 0 Å². The van der Waals surface area contributed by atoms with E-state index in [4.69, 9.17) is 0 Å². The van der Waals surface area contributed by atoms with Crippen molar-refractivity contribution in [1.82, 2.24) is 5.32 Å². The molecule has 3 heteroatoms. The number of aliphatic hydroxyl groups is 1. The summed E-state index contributed by atoms with van der Waals surface area (Å²) < 4.78 is 13.2. The Morgan fingerprint density at radius 3 is 2.32 bits per heavy atom. The van der Waals surface area contributed by atoms with Crippen LogP contribution in [0.25, 0.3) is 0 Å². The van der Waals surface area contributed by atoms with E-state index in [1.165, 1.54) is 6.07 Å². The molecular formula is C16H18FNO. The quantitative estimate of drug-likeness (QED) is 0.884. The Balaban J connectivity index is 2.22. The molecule has 0 spiro atoms. The lowest BCUT2D eigenvalue weighted by Gasteiger charge is -2.13. The zero-order chi connectivity index (χ0) is 13.8. The van der Waals surface area contributed by atoms with Gasteiger partial charge >= 0.3 is 0 Å².